The van der Waals surface area contributed by atoms with Crippen molar-refractivity contribution in [3.8, 4) is 0 Å². The fraction of sp³-hybridized carbons (Fsp3) is 0.545. The number of rotatable bonds is 7. The molecular weight excluding hydrogens is 446 g/mol. The molecule has 0 unspecified atom stereocenters. The van der Waals surface area contributed by atoms with E-state index in [1.807, 2.05) is 24.9 Å². The van der Waals surface area contributed by atoms with Gasteiger partial charge in [-0.2, -0.15) is 5.10 Å². The number of anilines is 2. The first kappa shape index (κ1) is 22.5. The van der Waals surface area contributed by atoms with Crippen LogP contribution in [-0.4, -0.2) is 73.1 Å². The van der Waals surface area contributed by atoms with Crippen LogP contribution in [0.15, 0.2) is 24.5 Å². The molecule has 1 aliphatic carbocycles. The third kappa shape index (κ3) is 4.67. The smallest absolute Gasteiger partial charge is 0.407 e. The van der Waals surface area contributed by atoms with Crippen LogP contribution in [0.5, 0.6) is 0 Å². The van der Waals surface area contributed by atoms with Gasteiger partial charge < -0.3 is 15.4 Å². The summed E-state index contributed by atoms with van der Waals surface area (Å²) in [6.45, 7) is 5.07. The van der Waals surface area contributed by atoms with Crippen LogP contribution in [0.2, 0.25) is 0 Å². The number of fused-ring (bicyclic) bond motifs is 1. The molecule has 34 heavy (non-hydrogen) atoms. The van der Waals surface area contributed by atoms with E-state index < -0.39 is 30.5 Å². The Morgan fingerprint density at radius 2 is 2.15 bits per heavy atom. The van der Waals surface area contributed by atoms with Crippen molar-refractivity contribution in [2.75, 3.05) is 18.4 Å². The van der Waals surface area contributed by atoms with Crippen LogP contribution >= 0.6 is 0 Å². The summed E-state index contributed by atoms with van der Waals surface area (Å²) in [5, 5.41) is 12.9. The lowest BCUT2D eigenvalue weighted by molar-refractivity contribution is 0.0555. The summed E-state index contributed by atoms with van der Waals surface area (Å²) in [5.74, 6) is 0.554. The molecule has 1 saturated carbocycles. The number of aromatic nitrogens is 5. The van der Waals surface area contributed by atoms with Crippen LogP contribution in [0.4, 0.5) is 25.3 Å². The van der Waals surface area contributed by atoms with Crippen molar-refractivity contribution in [3.05, 3.63) is 35.9 Å². The molecule has 2 fully saturated rings. The van der Waals surface area contributed by atoms with Gasteiger partial charge in [0.2, 0.25) is 5.95 Å². The maximum atomic E-state index is 15.0. The number of ether oxygens (including phenoxy) is 1. The highest BCUT2D eigenvalue weighted by molar-refractivity contribution is 5.67. The second kappa shape index (κ2) is 9.16. The quantitative estimate of drug-likeness (QED) is 0.482. The average Bonchev–Trinajstić information content (AvgIpc) is 3.46. The number of imidazole rings is 1. The van der Waals surface area contributed by atoms with Gasteiger partial charge in [-0.3, -0.25) is 14.4 Å². The number of alkyl halides is 2. The van der Waals surface area contributed by atoms with E-state index in [2.05, 4.69) is 30.8 Å². The zero-order chi connectivity index (χ0) is 23.8. The Balaban J connectivity index is 1.25. The van der Waals surface area contributed by atoms with Gasteiger partial charge >= 0.3 is 6.09 Å². The first-order valence-electron chi connectivity index (χ1n) is 11.5. The number of carbonyl (C=O) groups is 1. The van der Waals surface area contributed by atoms with E-state index in [1.165, 1.54) is 0 Å². The molecule has 1 aliphatic heterocycles. The number of nitrogens with one attached hydrogen (secondary N) is 3. The number of hydrogen-bond acceptors (Lipinski definition) is 7. The lowest BCUT2D eigenvalue weighted by atomic mass is 10.0. The van der Waals surface area contributed by atoms with E-state index in [1.54, 1.807) is 22.7 Å². The minimum Gasteiger partial charge on any atom is -0.443 e. The molecular formula is C22H28F2N8O2. The fourth-order valence-corrected chi connectivity index (χ4v) is 4.49. The summed E-state index contributed by atoms with van der Waals surface area (Å²) < 4.78 is 35.2. The summed E-state index contributed by atoms with van der Waals surface area (Å²) in [5.41, 5.74) is 2.16. The van der Waals surface area contributed by atoms with Gasteiger partial charge in [-0.1, -0.05) is 0 Å². The fourth-order valence-electron chi connectivity index (χ4n) is 4.49. The number of amides is 1. The normalized spacial score (nSPS) is 23.4. The minimum atomic E-state index is -1.32. The standard InChI is InChI=1S/C22H28F2N8O2/c1-12(2)26-22(33)34-17-4-3-15(20(17)24)16-7-18(30-29-16)28-21-25-6-5-19-27-14(11-32(19)21)10-31-8-13(23)9-31/h5-7,11-13,15,17,20H,3-4,8-10H2,1-2H3,(H,26,33)(H2,25,28,29,30)/t15-,17-,20-/m0/s1. The Hall–Kier alpha value is -3.28. The van der Waals surface area contributed by atoms with Crippen molar-refractivity contribution in [2.24, 2.45) is 0 Å². The Labute approximate surface area is 195 Å². The molecule has 2 aliphatic rings. The molecule has 3 aromatic rings. The SMILES string of the molecule is CC(C)NC(=O)O[C@H]1CC[C@@H](c2cc(Nc3nccc4nc(CN5CC(F)C5)cn34)n[nH]2)[C@@H]1F. The summed E-state index contributed by atoms with van der Waals surface area (Å²) in [6, 6.07) is 3.46. The lowest BCUT2D eigenvalue weighted by Gasteiger charge is -2.33. The van der Waals surface area contributed by atoms with Crippen molar-refractivity contribution >= 4 is 23.5 Å². The number of likely N-dealkylation sites (tertiary alicyclic amines) is 1. The maximum Gasteiger partial charge on any atom is 0.407 e. The topological polar surface area (TPSA) is 112 Å². The van der Waals surface area contributed by atoms with E-state index in [0.29, 0.717) is 55.6 Å². The molecule has 5 rings (SSSR count). The average molecular weight is 475 g/mol. The van der Waals surface area contributed by atoms with Gasteiger partial charge in [-0.25, -0.2) is 23.5 Å². The Morgan fingerprint density at radius 3 is 2.91 bits per heavy atom. The molecule has 0 spiro atoms. The number of carbonyl (C=O) groups excluding carboxylic acids is 1. The molecule has 3 atom stereocenters. The highest BCUT2D eigenvalue weighted by atomic mass is 19.1. The van der Waals surface area contributed by atoms with Crippen molar-refractivity contribution in [2.45, 2.75) is 63.6 Å². The zero-order valence-corrected chi connectivity index (χ0v) is 19.0. The molecule has 0 aromatic carbocycles. The third-order valence-corrected chi connectivity index (χ3v) is 6.13. The van der Waals surface area contributed by atoms with Crippen LogP contribution in [0, 0.1) is 0 Å². The van der Waals surface area contributed by atoms with Gasteiger partial charge in [0.15, 0.2) is 5.82 Å². The number of alkyl carbamates (subject to hydrolysis) is 1. The Kier molecular flexibility index (Phi) is 6.07. The van der Waals surface area contributed by atoms with Crippen LogP contribution in [0.1, 0.15) is 44.0 Å². The number of nitrogens with zero attached hydrogens (tertiary/aromatic N) is 5. The van der Waals surface area contributed by atoms with Gasteiger partial charge in [0.05, 0.1) is 5.69 Å². The molecule has 182 valence electrons. The second-order valence-corrected chi connectivity index (χ2v) is 9.22. The Bertz CT molecular complexity index is 1160. The minimum absolute atomic E-state index is 0.0770. The van der Waals surface area contributed by atoms with E-state index in [0.717, 1.165) is 5.69 Å². The molecule has 1 amide bonds. The molecule has 0 bridgehead atoms. The van der Waals surface area contributed by atoms with Gasteiger partial charge in [-0.05, 0) is 32.8 Å². The Morgan fingerprint density at radius 1 is 1.32 bits per heavy atom. The lowest BCUT2D eigenvalue weighted by Crippen LogP contribution is -2.47. The van der Waals surface area contributed by atoms with Crippen molar-refractivity contribution in [3.63, 3.8) is 0 Å². The largest absolute Gasteiger partial charge is 0.443 e. The first-order chi connectivity index (χ1) is 16.4. The zero-order valence-electron chi connectivity index (χ0n) is 19.0. The van der Waals surface area contributed by atoms with E-state index in [-0.39, 0.29) is 6.04 Å². The number of hydrogen-bond donors (Lipinski definition) is 3. The predicted octanol–water partition coefficient (Wildman–Crippen LogP) is 3.07. The highest BCUT2D eigenvalue weighted by Gasteiger charge is 2.41. The van der Waals surface area contributed by atoms with Crippen LogP contribution in [0.25, 0.3) is 5.65 Å². The van der Waals surface area contributed by atoms with Crippen LogP contribution in [0.3, 0.4) is 0 Å². The maximum absolute atomic E-state index is 15.0. The molecule has 0 radical (unpaired) electrons. The predicted molar refractivity (Wildman–Crippen MR) is 120 cm³/mol. The monoisotopic (exact) mass is 474 g/mol. The molecule has 1 saturated heterocycles. The van der Waals surface area contributed by atoms with Crippen LogP contribution in [-0.2, 0) is 11.3 Å². The summed E-state index contributed by atoms with van der Waals surface area (Å²) in [4.78, 5) is 22.8. The molecule has 10 nitrogen and oxygen atoms in total. The number of H-pyrrole nitrogens is 1. The first-order valence-corrected chi connectivity index (χ1v) is 11.5. The number of aromatic amines is 1. The van der Waals surface area contributed by atoms with Gasteiger partial charge in [-0.15, -0.1) is 0 Å². The van der Waals surface area contributed by atoms with E-state index in [9.17, 15) is 9.18 Å². The second-order valence-electron chi connectivity index (χ2n) is 9.22. The summed E-state index contributed by atoms with van der Waals surface area (Å²) >= 11 is 0. The van der Waals surface area contributed by atoms with Gasteiger partial charge in [0.25, 0.3) is 0 Å². The molecule has 4 heterocycles. The summed E-state index contributed by atoms with van der Waals surface area (Å²) in [7, 11) is 0. The van der Waals surface area contributed by atoms with E-state index >= 15 is 4.39 Å². The molecule has 12 heteroatoms. The number of halogens is 2. The molecule has 3 aromatic heterocycles. The highest BCUT2D eigenvalue weighted by Crippen LogP contribution is 2.38. The van der Waals surface area contributed by atoms with Crippen LogP contribution < -0.4 is 10.6 Å². The van der Waals surface area contributed by atoms with E-state index in [4.69, 9.17) is 4.74 Å². The van der Waals surface area contributed by atoms with Gasteiger partial charge in [0.1, 0.15) is 24.1 Å². The summed E-state index contributed by atoms with van der Waals surface area (Å²) in [6.07, 6.45) is 1.01. The van der Waals surface area contributed by atoms with Crippen molar-refractivity contribution < 1.29 is 18.3 Å². The molecule has 3 N–H and O–H groups in total. The third-order valence-electron chi connectivity index (χ3n) is 6.13. The van der Waals surface area contributed by atoms with Crippen molar-refractivity contribution in [1.82, 2.24) is 34.8 Å². The van der Waals surface area contributed by atoms with Crippen molar-refractivity contribution in [1.29, 1.82) is 0 Å². The van der Waals surface area contributed by atoms with Gasteiger partial charge in [0, 0.05) is 55.7 Å².